The van der Waals surface area contributed by atoms with Gasteiger partial charge in [0.2, 0.25) is 11.9 Å². The maximum absolute atomic E-state index is 4.68. The molecule has 2 fully saturated rings. The van der Waals surface area contributed by atoms with Gasteiger partial charge in [0, 0.05) is 24.6 Å². The summed E-state index contributed by atoms with van der Waals surface area (Å²) < 4.78 is 6.41. The van der Waals surface area contributed by atoms with Crippen molar-refractivity contribution < 1.29 is 0 Å². The Balaban J connectivity index is 0.000000154. The summed E-state index contributed by atoms with van der Waals surface area (Å²) in [4.78, 5) is 13.6. The Kier molecular flexibility index (Phi) is 10.2. The van der Waals surface area contributed by atoms with E-state index in [2.05, 4.69) is 124 Å². The zero-order valence-corrected chi connectivity index (χ0v) is 32.0. The number of hydrogen-bond acceptors (Lipinski definition) is 9. The predicted octanol–water partition coefficient (Wildman–Crippen LogP) is 7.73. The molecular formula is C40H45BrN12. The normalized spacial score (nSPS) is 16.2. The van der Waals surface area contributed by atoms with Crippen molar-refractivity contribution in [2.24, 2.45) is 7.05 Å². The van der Waals surface area contributed by atoms with E-state index in [4.69, 9.17) is 0 Å². The van der Waals surface area contributed by atoms with E-state index < -0.39 is 0 Å². The van der Waals surface area contributed by atoms with Crippen LogP contribution in [0.25, 0.3) is 22.4 Å². The lowest BCUT2D eigenvalue weighted by molar-refractivity contribution is 0.255. The molecular weight excluding hydrogens is 728 g/mol. The van der Waals surface area contributed by atoms with Crippen LogP contribution < -0.4 is 10.6 Å². The minimum Gasteiger partial charge on any atom is -0.323 e. The molecule has 0 unspecified atom stereocenters. The Morgan fingerprint density at radius 2 is 1.06 bits per heavy atom. The molecule has 12 nitrogen and oxygen atoms in total. The summed E-state index contributed by atoms with van der Waals surface area (Å²) in [5.74, 6) is 2.50. The van der Waals surface area contributed by atoms with Crippen LogP contribution in [0.15, 0.2) is 102 Å². The van der Waals surface area contributed by atoms with Gasteiger partial charge in [-0.1, -0.05) is 24.3 Å². The largest absolute Gasteiger partial charge is 0.323 e. The Morgan fingerprint density at radius 3 is 1.57 bits per heavy atom. The lowest BCUT2D eigenvalue weighted by atomic mass is 9.89. The quantitative estimate of drug-likeness (QED) is 0.168. The van der Waals surface area contributed by atoms with E-state index in [9.17, 15) is 0 Å². The molecule has 9 rings (SSSR count). The minimum absolute atomic E-state index is 0.568. The second kappa shape index (κ2) is 15.5. The van der Waals surface area contributed by atoms with Crippen LogP contribution >= 0.6 is 15.9 Å². The van der Waals surface area contributed by atoms with E-state index >= 15 is 0 Å². The van der Waals surface area contributed by atoms with Crippen LogP contribution in [0.2, 0.25) is 0 Å². The average molecular weight is 774 g/mol. The van der Waals surface area contributed by atoms with E-state index in [1.54, 1.807) is 4.68 Å². The number of benzene rings is 2. The van der Waals surface area contributed by atoms with E-state index in [1.165, 1.54) is 63.0 Å². The number of aromatic nitrogens is 8. The van der Waals surface area contributed by atoms with Crippen LogP contribution in [0, 0.1) is 0 Å². The van der Waals surface area contributed by atoms with Gasteiger partial charge >= 0.3 is 0 Å². The molecule has 2 N–H and O–H groups in total. The lowest BCUT2D eigenvalue weighted by Gasteiger charge is -2.29. The van der Waals surface area contributed by atoms with Crippen LogP contribution in [0.5, 0.6) is 0 Å². The topological polar surface area (TPSA) is 109 Å². The molecule has 7 heterocycles. The molecule has 2 aromatic carbocycles. The molecule has 0 aliphatic carbocycles. The van der Waals surface area contributed by atoms with Crippen molar-refractivity contribution in [3.63, 3.8) is 0 Å². The lowest BCUT2D eigenvalue weighted by Crippen LogP contribution is -2.29. The number of anilines is 4. The van der Waals surface area contributed by atoms with Crippen molar-refractivity contribution >= 4 is 50.2 Å². The van der Waals surface area contributed by atoms with Gasteiger partial charge in [0.1, 0.15) is 10.3 Å². The van der Waals surface area contributed by atoms with Crippen molar-refractivity contribution in [3.05, 3.63) is 113 Å². The zero-order valence-electron chi connectivity index (χ0n) is 30.4. The molecule has 2 aliphatic rings. The van der Waals surface area contributed by atoms with Gasteiger partial charge in [0.25, 0.3) is 0 Å². The molecule has 0 bridgehead atoms. The van der Waals surface area contributed by atoms with Crippen LogP contribution in [0.4, 0.5) is 23.3 Å². The van der Waals surface area contributed by atoms with Crippen LogP contribution in [0.1, 0.15) is 48.6 Å². The first kappa shape index (κ1) is 34.9. The maximum atomic E-state index is 4.68. The fraction of sp³-hybridized carbons (Fsp3) is 0.325. The first-order chi connectivity index (χ1) is 25.8. The van der Waals surface area contributed by atoms with Crippen molar-refractivity contribution in [1.29, 1.82) is 0 Å². The molecule has 272 valence electrons. The highest BCUT2D eigenvalue weighted by atomic mass is 79.9. The molecule has 2 aliphatic heterocycles. The molecule has 0 radical (unpaired) electrons. The number of rotatable bonds is 7. The first-order valence-electron chi connectivity index (χ1n) is 18.3. The highest BCUT2D eigenvalue weighted by molar-refractivity contribution is 9.10. The van der Waals surface area contributed by atoms with Crippen LogP contribution in [-0.4, -0.2) is 89.1 Å². The zero-order chi connectivity index (χ0) is 36.3. The average Bonchev–Trinajstić information content (AvgIpc) is 3.91. The third kappa shape index (κ3) is 8.12. The number of nitrogens with zero attached hydrogens (tertiary/aromatic N) is 10. The number of likely N-dealkylation sites (tertiary alicyclic amines) is 2. The number of hydrogen-bond donors (Lipinski definition) is 2. The van der Waals surface area contributed by atoms with E-state index in [0.717, 1.165) is 38.4 Å². The predicted molar refractivity (Wildman–Crippen MR) is 214 cm³/mol. The van der Waals surface area contributed by atoms with Crippen molar-refractivity contribution in [2.75, 3.05) is 50.9 Å². The molecule has 13 heteroatoms. The monoisotopic (exact) mass is 772 g/mol. The van der Waals surface area contributed by atoms with E-state index in [1.807, 2.05) is 65.0 Å². The van der Waals surface area contributed by atoms with Gasteiger partial charge in [-0.2, -0.15) is 5.10 Å². The molecule has 7 aromatic rings. The number of aryl methyl sites for hydroxylation is 1. The first-order valence-corrected chi connectivity index (χ1v) is 19.1. The smallest absolute Gasteiger partial charge is 0.245 e. The third-order valence-electron chi connectivity index (χ3n) is 10.4. The number of piperidine rings is 2. The SMILES string of the molecule is CN1CCC(c2ccc(Nc3ncc4ccc(-c5ccn(C)n5)n4n3)cc2)CC1.CN1CCC(c2ccc(Nc3ncc4ccc(Br)n4n3)cc2)CC1. The molecule has 0 amide bonds. The van der Waals surface area contributed by atoms with Crippen molar-refractivity contribution in [1.82, 2.24) is 48.8 Å². The summed E-state index contributed by atoms with van der Waals surface area (Å²) in [7, 11) is 6.31. The Bertz CT molecular complexity index is 2280. The summed E-state index contributed by atoms with van der Waals surface area (Å²) >= 11 is 3.49. The van der Waals surface area contributed by atoms with Gasteiger partial charge in [-0.25, -0.2) is 19.0 Å². The number of nitrogens with one attached hydrogen (secondary N) is 2. The van der Waals surface area contributed by atoms with Crippen molar-refractivity contribution in [3.8, 4) is 11.4 Å². The van der Waals surface area contributed by atoms with Gasteiger partial charge in [-0.3, -0.25) is 4.68 Å². The molecule has 0 saturated carbocycles. The third-order valence-corrected chi connectivity index (χ3v) is 11.0. The summed E-state index contributed by atoms with van der Waals surface area (Å²) in [6, 6.07) is 27.3. The van der Waals surface area contributed by atoms with Crippen LogP contribution in [0.3, 0.4) is 0 Å². The standard InChI is InChI=1S/C22H25N7.C18H20BrN5/c1-27-12-9-17(10-13-27)16-3-5-18(6-4-16)24-22-23-15-19-7-8-21(29(19)26-22)20-11-14-28(2)25-20;1-23-10-8-14(9-11-23)13-2-4-15(5-3-13)21-18-20-12-16-6-7-17(19)24(16)22-18/h3-8,11,14-15,17H,9-10,12-13H2,1-2H3,(H,24,26);2-7,12,14H,8-11H2,1H3,(H,21,22). The van der Waals surface area contributed by atoms with Gasteiger partial charge in [-0.05, 0) is 159 Å². The molecule has 0 spiro atoms. The highest BCUT2D eigenvalue weighted by Gasteiger charge is 2.19. The summed E-state index contributed by atoms with van der Waals surface area (Å²) in [6.07, 6.45) is 10.5. The van der Waals surface area contributed by atoms with E-state index in [0.29, 0.717) is 23.7 Å². The Morgan fingerprint density at radius 1 is 0.566 bits per heavy atom. The second-order valence-electron chi connectivity index (χ2n) is 14.2. The molecule has 53 heavy (non-hydrogen) atoms. The van der Waals surface area contributed by atoms with Crippen LogP contribution in [-0.2, 0) is 7.05 Å². The molecule has 2 saturated heterocycles. The van der Waals surface area contributed by atoms with E-state index in [-0.39, 0.29) is 0 Å². The Labute approximate surface area is 318 Å². The highest BCUT2D eigenvalue weighted by Crippen LogP contribution is 2.30. The van der Waals surface area contributed by atoms with Gasteiger partial charge < -0.3 is 20.4 Å². The molecule has 5 aromatic heterocycles. The summed E-state index contributed by atoms with van der Waals surface area (Å²) in [6.45, 7) is 4.72. The summed E-state index contributed by atoms with van der Waals surface area (Å²) in [5.41, 5.74) is 8.59. The Hall–Kier alpha value is -5.11. The number of halogens is 1. The summed E-state index contributed by atoms with van der Waals surface area (Å²) in [5, 5.41) is 20.3. The fourth-order valence-electron chi connectivity index (χ4n) is 7.25. The number of fused-ring (bicyclic) bond motifs is 2. The van der Waals surface area contributed by atoms with Gasteiger partial charge in [0.15, 0.2) is 0 Å². The fourth-order valence-corrected chi connectivity index (χ4v) is 7.67. The van der Waals surface area contributed by atoms with Gasteiger partial charge in [0.05, 0.1) is 29.1 Å². The minimum atomic E-state index is 0.568. The van der Waals surface area contributed by atoms with Gasteiger partial charge in [-0.15, -0.1) is 10.2 Å². The maximum Gasteiger partial charge on any atom is 0.245 e. The second-order valence-corrected chi connectivity index (χ2v) is 15.0. The van der Waals surface area contributed by atoms with Crippen molar-refractivity contribution in [2.45, 2.75) is 37.5 Å². The molecule has 0 atom stereocenters.